The fourth-order valence-corrected chi connectivity index (χ4v) is 7.02. The van der Waals surface area contributed by atoms with Crippen molar-refractivity contribution in [2.45, 2.75) is 83.5 Å². The van der Waals surface area contributed by atoms with Gasteiger partial charge in [-0.25, -0.2) is 14.8 Å². The summed E-state index contributed by atoms with van der Waals surface area (Å²) in [4.78, 5) is 23.4. The molecule has 3 fully saturated rings. The molecular formula is C24H32ClIN4O4. The fourth-order valence-electron chi connectivity index (χ4n) is 5.83. The predicted octanol–water partition coefficient (Wildman–Crippen LogP) is 5.42. The minimum absolute atomic E-state index is 0.0454. The van der Waals surface area contributed by atoms with Crippen LogP contribution in [0, 0.1) is 15.4 Å². The number of hydrogen-bond donors (Lipinski definition) is 0. The van der Waals surface area contributed by atoms with Crippen molar-refractivity contribution in [1.82, 2.24) is 19.4 Å². The fraction of sp³-hybridized carbons (Fsp3) is 0.708. The molecule has 34 heavy (non-hydrogen) atoms. The highest BCUT2D eigenvalue weighted by Crippen LogP contribution is 2.51. The molecule has 0 radical (unpaired) electrons. The molecule has 0 aromatic carbocycles. The highest BCUT2D eigenvalue weighted by atomic mass is 127. The Bertz CT molecular complexity index is 1100. The molecule has 1 saturated carbocycles. The molecule has 186 valence electrons. The molecule has 2 aromatic rings. The largest absolute Gasteiger partial charge is 0.444 e. The maximum absolute atomic E-state index is 12.8. The molecule has 0 spiro atoms. The van der Waals surface area contributed by atoms with Crippen LogP contribution >= 0.6 is 34.2 Å². The van der Waals surface area contributed by atoms with Gasteiger partial charge in [0.25, 0.3) is 0 Å². The summed E-state index contributed by atoms with van der Waals surface area (Å²) in [7, 11) is 0. The van der Waals surface area contributed by atoms with Gasteiger partial charge in [-0.2, -0.15) is 0 Å². The topological polar surface area (TPSA) is 78.7 Å². The molecule has 3 aliphatic rings. The molecule has 5 atom stereocenters. The second kappa shape index (κ2) is 8.74. The zero-order valence-corrected chi connectivity index (χ0v) is 23.2. The Morgan fingerprint density at radius 2 is 2.00 bits per heavy atom. The summed E-state index contributed by atoms with van der Waals surface area (Å²) in [6.07, 6.45) is 6.13. The van der Waals surface area contributed by atoms with E-state index in [0.29, 0.717) is 17.6 Å². The van der Waals surface area contributed by atoms with E-state index >= 15 is 0 Å². The number of likely N-dealkylation sites (tertiary alicyclic amines) is 1. The number of halogens is 2. The van der Waals surface area contributed by atoms with Gasteiger partial charge in [-0.1, -0.05) is 11.6 Å². The van der Waals surface area contributed by atoms with Crippen LogP contribution in [-0.4, -0.2) is 62.2 Å². The van der Waals surface area contributed by atoms with Crippen LogP contribution in [0.15, 0.2) is 12.5 Å². The highest BCUT2D eigenvalue weighted by Gasteiger charge is 2.57. The Kier molecular flexibility index (Phi) is 6.30. The number of rotatable bonds is 2. The lowest BCUT2D eigenvalue weighted by Gasteiger charge is -2.38. The van der Waals surface area contributed by atoms with Gasteiger partial charge in [-0.15, -0.1) is 0 Å². The van der Waals surface area contributed by atoms with Crippen molar-refractivity contribution < 1.29 is 19.0 Å². The molecule has 0 bridgehead atoms. The molecule has 1 unspecified atom stereocenters. The second-order valence-electron chi connectivity index (χ2n) is 11.1. The lowest BCUT2D eigenvalue weighted by atomic mass is 9.83. The van der Waals surface area contributed by atoms with Crippen molar-refractivity contribution >= 4 is 51.3 Å². The standard InChI is InChI=1S/C24H32ClIN4O4/c1-23(2,3)34-22(31)29-8-6-7-13(10-29)14-9-16(19-18(14)32-24(4,5)33-19)30-11-15(26)17-20(25)27-12-28-21(17)30/h11-14,16,18-19H,6-10H2,1-5H3/t13?,14-,16-,18-,19+/m1/s1. The molecule has 10 heteroatoms. The summed E-state index contributed by atoms with van der Waals surface area (Å²) < 4.78 is 21.8. The average molecular weight is 603 g/mol. The Morgan fingerprint density at radius 1 is 1.26 bits per heavy atom. The number of fused-ring (bicyclic) bond motifs is 2. The van der Waals surface area contributed by atoms with Crippen molar-refractivity contribution in [3.8, 4) is 0 Å². The maximum atomic E-state index is 12.8. The van der Waals surface area contributed by atoms with E-state index in [0.717, 1.165) is 40.4 Å². The normalized spacial score (nSPS) is 31.1. The van der Waals surface area contributed by atoms with E-state index in [9.17, 15) is 4.79 Å². The maximum Gasteiger partial charge on any atom is 0.410 e. The zero-order chi connectivity index (χ0) is 24.4. The highest BCUT2D eigenvalue weighted by molar-refractivity contribution is 14.1. The molecular weight excluding hydrogens is 571 g/mol. The number of ether oxygens (including phenoxy) is 3. The average Bonchev–Trinajstić information content (AvgIpc) is 3.35. The van der Waals surface area contributed by atoms with E-state index < -0.39 is 11.4 Å². The number of carbonyl (C=O) groups excluding carboxylic acids is 1. The van der Waals surface area contributed by atoms with Crippen LogP contribution in [0.4, 0.5) is 4.79 Å². The lowest BCUT2D eigenvalue weighted by molar-refractivity contribution is -0.163. The van der Waals surface area contributed by atoms with Crippen LogP contribution in [0.1, 0.15) is 59.9 Å². The van der Waals surface area contributed by atoms with Crippen LogP contribution in [0.25, 0.3) is 11.0 Å². The van der Waals surface area contributed by atoms with Crippen LogP contribution < -0.4 is 0 Å². The first-order chi connectivity index (χ1) is 15.9. The van der Waals surface area contributed by atoms with E-state index in [2.05, 4.69) is 43.3 Å². The lowest BCUT2D eigenvalue weighted by Crippen LogP contribution is -2.46. The Balaban J connectivity index is 1.44. The van der Waals surface area contributed by atoms with Gasteiger partial charge in [-0.05, 0) is 88.3 Å². The first-order valence-corrected chi connectivity index (χ1v) is 13.4. The number of nitrogens with zero attached hydrogens (tertiary/aromatic N) is 4. The van der Waals surface area contributed by atoms with Crippen LogP contribution in [0.5, 0.6) is 0 Å². The van der Waals surface area contributed by atoms with Gasteiger partial charge in [0.2, 0.25) is 0 Å². The number of piperidine rings is 1. The molecule has 1 aliphatic carbocycles. The Labute approximate surface area is 218 Å². The van der Waals surface area contributed by atoms with E-state index in [1.807, 2.05) is 39.5 Å². The summed E-state index contributed by atoms with van der Waals surface area (Å²) in [6.45, 7) is 11.1. The van der Waals surface area contributed by atoms with Gasteiger partial charge in [0.05, 0.1) is 17.5 Å². The molecule has 2 saturated heterocycles. The molecule has 2 aliphatic heterocycles. The van der Waals surface area contributed by atoms with E-state index in [1.54, 1.807) is 0 Å². The molecule has 0 N–H and O–H groups in total. The zero-order valence-electron chi connectivity index (χ0n) is 20.3. The second-order valence-corrected chi connectivity index (χ2v) is 12.6. The SMILES string of the molecule is CC(C)(C)OC(=O)N1CCCC([C@H]2C[C@@H](n3cc(I)c4c(Cl)ncnc43)[C@@H]3OC(C)(C)O[C@@H]32)C1. The van der Waals surface area contributed by atoms with Crippen LogP contribution in [0.2, 0.25) is 5.15 Å². The monoisotopic (exact) mass is 602 g/mol. The third-order valence-electron chi connectivity index (χ3n) is 7.07. The third kappa shape index (κ3) is 4.53. The summed E-state index contributed by atoms with van der Waals surface area (Å²) in [5, 5.41) is 1.33. The van der Waals surface area contributed by atoms with Gasteiger partial charge in [0, 0.05) is 22.9 Å². The number of aromatic nitrogens is 3. The van der Waals surface area contributed by atoms with Gasteiger partial charge in [0.15, 0.2) is 5.79 Å². The molecule has 1 amide bonds. The Morgan fingerprint density at radius 3 is 2.74 bits per heavy atom. The minimum Gasteiger partial charge on any atom is -0.444 e. The number of carbonyl (C=O) groups is 1. The van der Waals surface area contributed by atoms with Gasteiger partial charge in [0.1, 0.15) is 28.8 Å². The summed E-state index contributed by atoms with van der Waals surface area (Å²) in [5.41, 5.74) is 0.316. The van der Waals surface area contributed by atoms with Gasteiger partial charge in [-0.3, -0.25) is 0 Å². The Hall–Kier alpha value is -1.17. The first-order valence-electron chi connectivity index (χ1n) is 11.9. The van der Waals surface area contributed by atoms with Gasteiger partial charge < -0.3 is 23.7 Å². The first kappa shape index (κ1) is 24.5. The number of amides is 1. The van der Waals surface area contributed by atoms with Gasteiger partial charge >= 0.3 is 6.09 Å². The number of hydrogen-bond acceptors (Lipinski definition) is 6. The minimum atomic E-state index is -0.658. The van der Waals surface area contributed by atoms with E-state index in [-0.39, 0.29) is 30.3 Å². The predicted molar refractivity (Wildman–Crippen MR) is 137 cm³/mol. The van der Waals surface area contributed by atoms with E-state index in [1.165, 1.54) is 6.33 Å². The van der Waals surface area contributed by atoms with E-state index in [4.69, 9.17) is 25.8 Å². The summed E-state index contributed by atoms with van der Waals surface area (Å²) in [5.74, 6) is -0.0843. The molecule has 8 nitrogen and oxygen atoms in total. The molecule has 4 heterocycles. The van der Waals surface area contributed by atoms with Crippen molar-refractivity contribution in [2.24, 2.45) is 11.8 Å². The van der Waals surface area contributed by atoms with Crippen molar-refractivity contribution in [3.05, 3.63) is 21.2 Å². The quantitative estimate of drug-likeness (QED) is 0.338. The molecule has 5 rings (SSSR count). The van der Waals surface area contributed by atoms with Crippen LogP contribution in [-0.2, 0) is 14.2 Å². The van der Waals surface area contributed by atoms with Crippen molar-refractivity contribution in [2.75, 3.05) is 13.1 Å². The van der Waals surface area contributed by atoms with Crippen LogP contribution in [0.3, 0.4) is 0 Å². The third-order valence-corrected chi connectivity index (χ3v) is 8.17. The van der Waals surface area contributed by atoms with Crippen molar-refractivity contribution in [1.29, 1.82) is 0 Å². The molecule has 2 aromatic heterocycles. The van der Waals surface area contributed by atoms with Crippen molar-refractivity contribution in [3.63, 3.8) is 0 Å². The summed E-state index contributed by atoms with van der Waals surface area (Å²) >= 11 is 8.70. The smallest absolute Gasteiger partial charge is 0.410 e. The summed E-state index contributed by atoms with van der Waals surface area (Å²) in [6, 6.07) is 0.0608.